The van der Waals surface area contributed by atoms with E-state index in [1.807, 2.05) is 48.5 Å². The van der Waals surface area contributed by atoms with Gasteiger partial charge in [-0.15, -0.1) is 0 Å². The summed E-state index contributed by atoms with van der Waals surface area (Å²) in [6, 6.07) is 34.3. The summed E-state index contributed by atoms with van der Waals surface area (Å²) in [7, 11) is 0. The fourth-order valence-electron chi connectivity index (χ4n) is 22.5. The van der Waals surface area contributed by atoms with Crippen LogP contribution in [0.3, 0.4) is 0 Å². The van der Waals surface area contributed by atoms with Crippen molar-refractivity contribution in [2.45, 2.75) is 304 Å². The average molecular weight is 1390 g/mol. The molecule has 16 bridgehead atoms. The zero-order valence-electron chi connectivity index (χ0n) is 61.7. The highest BCUT2D eigenvalue weighted by atomic mass is 16.3. The van der Waals surface area contributed by atoms with E-state index in [0.717, 1.165) is 294 Å². The fraction of sp³-hybridized carbons (Fsp3) is 0.500. The predicted octanol–water partition coefficient (Wildman–Crippen LogP) is 23.6. The number of benzene rings is 8. The van der Waals surface area contributed by atoms with Crippen LogP contribution in [0, 0.1) is 0 Å². The molecule has 8 N–H and O–H groups in total. The fourth-order valence-corrected chi connectivity index (χ4v) is 22.5. The maximum atomic E-state index is 12.4. The smallest absolute Gasteiger partial charge is 0.119 e. The van der Waals surface area contributed by atoms with Crippen molar-refractivity contribution in [3.63, 3.8) is 0 Å². The lowest BCUT2D eigenvalue weighted by atomic mass is 9.81. The summed E-state index contributed by atoms with van der Waals surface area (Å²) in [6.45, 7) is 0. The van der Waals surface area contributed by atoms with Gasteiger partial charge in [-0.1, -0.05) is 151 Å². The van der Waals surface area contributed by atoms with Gasteiger partial charge in [0.15, 0.2) is 0 Å². The topological polar surface area (TPSA) is 162 Å². The lowest BCUT2D eigenvalue weighted by Gasteiger charge is -2.24. The molecule has 0 aliphatic heterocycles. The molecule has 0 spiro atoms. The largest absolute Gasteiger partial charge is 0.508 e. The molecule has 8 saturated carbocycles. The van der Waals surface area contributed by atoms with E-state index in [9.17, 15) is 40.9 Å². The Bertz CT molecular complexity index is 3650. The quantitative estimate of drug-likeness (QED) is 0.0746. The van der Waals surface area contributed by atoms with Gasteiger partial charge in [0.25, 0.3) is 0 Å². The van der Waals surface area contributed by atoms with Gasteiger partial charge >= 0.3 is 0 Å². The Morgan fingerprint density at radius 3 is 0.337 bits per heavy atom. The van der Waals surface area contributed by atoms with Gasteiger partial charge in [-0.2, -0.15) is 0 Å². The highest BCUT2D eigenvalue weighted by Gasteiger charge is 2.34. The van der Waals surface area contributed by atoms with Gasteiger partial charge in [-0.3, -0.25) is 0 Å². The number of phenolic OH excluding ortho intramolecular Hbond substituents is 8. The number of hydrogen-bond donors (Lipinski definition) is 8. The third kappa shape index (κ3) is 14.2. The zero-order valence-corrected chi connectivity index (χ0v) is 61.7. The normalized spacial score (nSPS) is 20.3. The van der Waals surface area contributed by atoms with Crippen LogP contribution in [-0.4, -0.2) is 40.9 Å². The molecule has 0 unspecified atom stereocenters. The van der Waals surface area contributed by atoms with Crippen LogP contribution in [0.25, 0.3) is 0 Å². The van der Waals surface area contributed by atoms with Crippen molar-refractivity contribution in [3.05, 3.63) is 231 Å². The van der Waals surface area contributed by atoms with Crippen molar-refractivity contribution in [2.24, 2.45) is 0 Å². The molecule has 30 aliphatic carbocycles. The molecule has 8 heteroatoms. The first-order valence-corrected chi connectivity index (χ1v) is 41.5. The Morgan fingerprint density at radius 2 is 0.231 bits per heavy atom. The van der Waals surface area contributed by atoms with Crippen molar-refractivity contribution in [2.75, 3.05) is 0 Å². The van der Waals surface area contributed by atoms with E-state index in [1.54, 1.807) is 0 Å². The third-order valence-corrected chi connectivity index (χ3v) is 28.1. The Kier molecular flexibility index (Phi) is 19.9. The average Bonchev–Trinajstić information content (AvgIpc) is 1.57. The minimum atomic E-state index is 0.237. The van der Waals surface area contributed by atoms with E-state index in [4.69, 9.17) is 0 Å². The van der Waals surface area contributed by atoms with Crippen molar-refractivity contribution < 1.29 is 40.9 Å². The molecule has 544 valence electrons. The predicted molar refractivity (Wildman–Crippen MR) is 417 cm³/mol. The molecule has 0 atom stereocenters. The second kappa shape index (κ2) is 29.8. The monoisotopic (exact) mass is 1390 g/mol. The molecule has 0 heterocycles. The van der Waals surface area contributed by atoms with E-state index in [2.05, 4.69) is 48.5 Å². The zero-order chi connectivity index (χ0) is 70.7. The van der Waals surface area contributed by atoms with Gasteiger partial charge in [-0.25, -0.2) is 0 Å². The van der Waals surface area contributed by atoms with Crippen LogP contribution in [0.1, 0.15) is 386 Å². The van der Waals surface area contributed by atoms with Gasteiger partial charge in [0.05, 0.1) is 0 Å². The van der Waals surface area contributed by atoms with Crippen LogP contribution in [0.15, 0.2) is 97.1 Å². The number of phenols is 8. The van der Waals surface area contributed by atoms with Gasteiger partial charge in [0.1, 0.15) is 46.0 Å². The SMILES string of the molecule is Oc1cc2c(C3CCCC3)cc1Cc1cc(C3CCCC3)c(cc1O)Cc1cc(O)c(cc1C1CCCC1)Cc1cc(C3CCCC3)c(cc1O)Cc1cc(O)c(cc1C1CCCC1)Cc1cc(C3CCCC3)c(cc1O)Cc1cc(O)c(cc1C1CCCC1)Cc1cc(C3CCCC3)c(cc1O)C2. The number of aromatic hydroxyl groups is 8. The Morgan fingerprint density at radius 1 is 0.135 bits per heavy atom. The summed E-state index contributed by atoms with van der Waals surface area (Å²) >= 11 is 0. The molecule has 0 aromatic heterocycles. The summed E-state index contributed by atoms with van der Waals surface area (Å²) in [4.78, 5) is 0. The van der Waals surface area contributed by atoms with E-state index in [0.29, 0.717) is 98.7 Å². The van der Waals surface area contributed by atoms with Crippen LogP contribution < -0.4 is 0 Å². The number of rotatable bonds is 8. The standard InChI is InChI=1S/C96H112O8/c97-89-49-65-33-66-50-90(98)75(43-82(66)58-19-3-4-20-58)38-76-44-84(60-23-7-8-24-60)69(53-92(76)100)35-70-54-94(102)79(47-86(70)62-27-11-12-28-62)40-80-48-88(64-31-15-16-32-64)72(56-96(80)104)36-71-55-95(103)78(46-87(71)63-29-13-14-30-63)39-77-45-85(61-25-9-10-26-61)68(52-93(77)101)34-67-51-91(99)74(42-83(67)59-21-5-6-22-59)37-73(89)41-81(65)57-17-1-2-18-57/h41-64,97-104H,1-40H2. The molecular formula is C96H112O8. The molecule has 0 saturated heterocycles. The maximum absolute atomic E-state index is 12.4. The molecule has 0 radical (unpaired) electrons. The lowest BCUT2D eigenvalue weighted by molar-refractivity contribution is 0.460. The molecule has 8 nitrogen and oxygen atoms in total. The van der Waals surface area contributed by atoms with E-state index < -0.39 is 0 Å². The molecule has 104 heavy (non-hydrogen) atoms. The second-order valence-electron chi connectivity index (χ2n) is 34.7. The summed E-state index contributed by atoms with van der Waals surface area (Å²) in [5.74, 6) is 4.65. The van der Waals surface area contributed by atoms with Gasteiger partial charge in [0, 0.05) is 25.7 Å². The van der Waals surface area contributed by atoms with Gasteiger partial charge < -0.3 is 40.9 Å². The molecule has 8 fully saturated rings. The van der Waals surface area contributed by atoms with E-state index in [1.165, 1.54) is 44.5 Å². The maximum Gasteiger partial charge on any atom is 0.119 e. The van der Waals surface area contributed by atoms with Crippen molar-refractivity contribution in [1.29, 1.82) is 0 Å². The molecule has 8 aromatic rings. The summed E-state index contributed by atoms with van der Waals surface area (Å²) in [5, 5.41) is 99.5. The van der Waals surface area contributed by atoms with E-state index >= 15 is 0 Å². The first-order valence-electron chi connectivity index (χ1n) is 41.5. The Balaban J connectivity index is 0.800. The highest BCUT2D eigenvalue weighted by molar-refractivity contribution is 5.60. The summed E-state index contributed by atoms with van der Waals surface area (Å²) in [5.41, 5.74) is 25.6. The van der Waals surface area contributed by atoms with Crippen LogP contribution in [0.2, 0.25) is 0 Å². The van der Waals surface area contributed by atoms with Crippen LogP contribution in [0.5, 0.6) is 46.0 Å². The highest BCUT2D eigenvalue weighted by Crippen LogP contribution is 2.51. The van der Waals surface area contributed by atoms with Crippen molar-refractivity contribution in [1.82, 2.24) is 0 Å². The Hall–Kier alpha value is -7.84. The Labute approximate surface area is 618 Å². The third-order valence-electron chi connectivity index (χ3n) is 28.1. The van der Waals surface area contributed by atoms with E-state index in [-0.39, 0.29) is 46.0 Å². The van der Waals surface area contributed by atoms with Crippen molar-refractivity contribution >= 4 is 0 Å². The van der Waals surface area contributed by atoms with Crippen LogP contribution in [-0.2, 0) is 51.4 Å². The van der Waals surface area contributed by atoms with Gasteiger partial charge in [0.2, 0.25) is 0 Å². The first kappa shape index (κ1) is 69.2. The summed E-state index contributed by atoms with van der Waals surface area (Å²) < 4.78 is 0. The minimum absolute atomic E-state index is 0.237. The molecular weight excluding hydrogens is 1280 g/mol. The molecule has 38 rings (SSSR count). The minimum Gasteiger partial charge on any atom is -0.508 e. The van der Waals surface area contributed by atoms with Crippen LogP contribution >= 0.6 is 0 Å². The van der Waals surface area contributed by atoms with Crippen molar-refractivity contribution in [3.8, 4) is 46.0 Å². The second-order valence-corrected chi connectivity index (χ2v) is 34.7. The molecule has 30 aliphatic rings. The first-order chi connectivity index (χ1) is 50.7. The van der Waals surface area contributed by atoms with Gasteiger partial charge in [-0.05, 0) is 358 Å². The van der Waals surface area contributed by atoms with Crippen LogP contribution in [0.4, 0.5) is 0 Å². The number of hydrogen-bond acceptors (Lipinski definition) is 8. The molecule has 8 aromatic carbocycles. The lowest BCUT2D eigenvalue weighted by Crippen LogP contribution is -2.09. The molecule has 0 amide bonds. The summed E-state index contributed by atoms with van der Waals surface area (Å²) in [6.07, 6.45) is 39.9.